The van der Waals surface area contributed by atoms with Gasteiger partial charge in [-0.2, -0.15) is 0 Å². The van der Waals surface area contributed by atoms with Gasteiger partial charge in [0.25, 0.3) is 0 Å². The van der Waals surface area contributed by atoms with Crippen molar-refractivity contribution in [1.29, 1.82) is 0 Å². The van der Waals surface area contributed by atoms with Crippen LogP contribution in [-0.4, -0.2) is 32.9 Å². The minimum atomic E-state index is -3.23. The molecule has 0 saturated carbocycles. The molecule has 1 aromatic heterocycles. The molecule has 0 aliphatic carbocycles. The molecule has 0 aliphatic rings. The van der Waals surface area contributed by atoms with E-state index >= 15 is 0 Å². The summed E-state index contributed by atoms with van der Waals surface area (Å²) in [6, 6.07) is 0. The van der Waals surface area contributed by atoms with E-state index in [9.17, 15) is 14.7 Å². The number of nitrogens with zero attached hydrogens (tertiary/aromatic N) is 3. The Morgan fingerprint density at radius 3 is 2.59 bits per heavy atom. The Morgan fingerprint density at radius 1 is 1.45 bits per heavy atom. The molecule has 0 saturated heterocycles. The molecule has 0 radical (unpaired) electrons. The summed E-state index contributed by atoms with van der Waals surface area (Å²) in [7, 11) is -1.73. The Hall–Kier alpha value is -0.320. The van der Waals surface area contributed by atoms with Gasteiger partial charge in [-0.05, 0) is 27.3 Å². The Morgan fingerprint density at radius 2 is 2.09 bits per heavy atom. The summed E-state index contributed by atoms with van der Waals surface area (Å²) in [5.41, 5.74) is 0.436. The molecular formula is C10H18Br2N5O4P. The molecule has 1 unspecified atom stereocenters. The smallest absolute Gasteiger partial charge is 0.390 e. The van der Waals surface area contributed by atoms with Crippen molar-refractivity contribution in [1.82, 2.24) is 19.7 Å². The van der Waals surface area contributed by atoms with Crippen LogP contribution < -0.4 is 10.2 Å². The molecular weight excluding hydrogens is 445 g/mol. The largest absolute Gasteiger partial charge is 0.435 e. The first kappa shape index (κ1) is 19.7. The summed E-state index contributed by atoms with van der Waals surface area (Å²) in [4.78, 5) is 14.1. The van der Waals surface area contributed by atoms with E-state index in [1.54, 1.807) is 0 Å². The third-order valence-electron chi connectivity index (χ3n) is 2.67. The Bertz CT molecular complexity index is 556. The minimum absolute atomic E-state index is 0.0821. The van der Waals surface area contributed by atoms with Gasteiger partial charge in [-0.1, -0.05) is 27.8 Å². The van der Waals surface area contributed by atoms with Crippen molar-refractivity contribution < 1.29 is 14.0 Å². The molecule has 1 aromatic rings. The van der Waals surface area contributed by atoms with Crippen LogP contribution in [0.4, 0.5) is 5.95 Å². The van der Waals surface area contributed by atoms with Crippen molar-refractivity contribution in [2.24, 2.45) is 7.05 Å². The number of halogens is 2. The molecule has 0 amide bonds. The van der Waals surface area contributed by atoms with E-state index in [4.69, 9.17) is 4.52 Å². The van der Waals surface area contributed by atoms with E-state index in [0.29, 0.717) is 28.7 Å². The Kier molecular flexibility index (Phi) is 8.15. The lowest BCUT2D eigenvalue weighted by Crippen LogP contribution is -2.26. The first-order valence-electron chi connectivity index (χ1n) is 6.51. The molecule has 126 valence electrons. The zero-order valence-electron chi connectivity index (χ0n) is 12.2. The van der Waals surface area contributed by atoms with E-state index in [0.717, 1.165) is 6.42 Å². The standard InChI is InChI=1S/C10H18Br2N5O4P/c1-3-5-13-22(20,14-6-4-11)21-7-8-9(12)15-10(16(8)2)17(18)19/h3-7H2,1-2H3,(H2,13,14,20). The maximum atomic E-state index is 12.6. The number of alkyl halides is 1. The summed E-state index contributed by atoms with van der Waals surface area (Å²) >= 11 is 6.40. The van der Waals surface area contributed by atoms with Gasteiger partial charge in [0, 0.05) is 18.4 Å². The van der Waals surface area contributed by atoms with E-state index < -0.39 is 12.6 Å². The molecule has 9 nitrogen and oxygen atoms in total. The van der Waals surface area contributed by atoms with Crippen molar-refractivity contribution in [3.05, 3.63) is 20.4 Å². The normalized spacial score (nSPS) is 14.0. The van der Waals surface area contributed by atoms with Crippen molar-refractivity contribution in [2.75, 3.05) is 18.4 Å². The van der Waals surface area contributed by atoms with Crippen LogP contribution in [0.5, 0.6) is 0 Å². The maximum absolute atomic E-state index is 12.6. The van der Waals surface area contributed by atoms with Crippen LogP contribution in [0.2, 0.25) is 0 Å². The molecule has 0 bridgehead atoms. The van der Waals surface area contributed by atoms with Gasteiger partial charge in [-0.3, -0.25) is 9.09 Å². The quantitative estimate of drug-likeness (QED) is 0.238. The maximum Gasteiger partial charge on any atom is 0.435 e. The molecule has 0 spiro atoms. The van der Waals surface area contributed by atoms with Crippen LogP contribution in [-0.2, 0) is 22.7 Å². The molecule has 12 heteroatoms. The second-order valence-electron chi connectivity index (χ2n) is 4.30. The van der Waals surface area contributed by atoms with Crippen LogP contribution in [0, 0.1) is 10.1 Å². The monoisotopic (exact) mass is 461 g/mol. The predicted molar refractivity (Wildman–Crippen MR) is 90.0 cm³/mol. The predicted octanol–water partition coefficient (Wildman–Crippen LogP) is 2.70. The van der Waals surface area contributed by atoms with Gasteiger partial charge in [-0.15, -0.1) is 0 Å². The first-order valence-corrected chi connectivity index (χ1v) is 10.0. The van der Waals surface area contributed by atoms with Gasteiger partial charge in [0.15, 0.2) is 5.69 Å². The van der Waals surface area contributed by atoms with Gasteiger partial charge in [0.2, 0.25) is 4.60 Å². The average Bonchev–Trinajstić information content (AvgIpc) is 2.76. The number of hydrogen-bond donors (Lipinski definition) is 2. The summed E-state index contributed by atoms with van der Waals surface area (Å²) in [6.45, 7) is 2.85. The Balaban J connectivity index is 2.84. The molecule has 1 rings (SSSR count). The minimum Gasteiger partial charge on any atom is -0.390 e. The second-order valence-corrected chi connectivity index (χ2v) is 7.83. The van der Waals surface area contributed by atoms with Crippen LogP contribution >= 0.6 is 39.5 Å². The van der Waals surface area contributed by atoms with Gasteiger partial charge in [-0.25, -0.2) is 14.7 Å². The third kappa shape index (κ3) is 5.39. The number of imidazole rings is 1. The Labute approximate surface area is 145 Å². The number of rotatable bonds is 10. The van der Waals surface area contributed by atoms with Gasteiger partial charge in [0.1, 0.15) is 6.61 Å². The number of hydrogen-bond acceptors (Lipinski definition) is 5. The van der Waals surface area contributed by atoms with E-state index in [2.05, 4.69) is 47.0 Å². The summed E-state index contributed by atoms with van der Waals surface area (Å²) in [6.07, 6.45) is 0.796. The van der Waals surface area contributed by atoms with Crippen LogP contribution in [0.3, 0.4) is 0 Å². The van der Waals surface area contributed by atoms with Crippen LogP contribution in [0.15, 0.2) is 4.60 Å². The summed E-state index contributed by atoms with van der Waals surface area (Å²) in [5.74, 6) is -0.310. The molecule has 0 aromatic carbocycles. The lowest BCUT2D eigenvalue weighted by atomic mass is 10.5. The highest BCUT2D eigenvalue weighted by Gasteiger charge is 2.27. The highest BCUT2D eigenvalue weighted by molar-refractivity contribution is 9.10. The van der Waals surface area contributed by atoms with E-state index in [-0.39, 0.29) is 12.6 Å². The molecule has 0 fully saturated rings. The highest BCUT2D eigenvalue weighted by Crippen LogP contribution is 2.39. The topological polar surface area (TPSA) is 111 Å². The van der Waals surface area contributed by atoms with Gasteiger partial charge < -0.3 is 10.1 Å². The number of nitro groups is 1. The van der Waals surface area contributed by atoms with E-state index in [1.165, 1.54) is 11.6 Å². The van der Waals surface area contributed by atoms with Crippen LogP contribution in [0.25, 0.3) is 0 Å². The summed E-state index contributed by atoms with van der Waals surface area (Å²) < 4.78 is 19.7. The fourth-order valence-electron chi connectivity index (χ4n) is 1.55. The lowest BCUT2D eigenvalue weighted by Gasteiger charge is -2.19. The zero-order chi connectivity index (χ0) is 16.8. The number of nitrogens with one attached hydrogen (secondary N) is 2. The molecule has 22 heavy (non-hydrogen) atoms. The molecule has 1 atom stereocenters. The first-order chi connectivity index (χ1) is 10.3. The second kappa shape index (κ2) is 9.09. The zero-order valence-corrected chi connectivity index (χ0v) is 16.3. The molecule has 2 N–H and O–H groups in total. The molecule has 1 heterocycles. The van der Waals surface area contributed by atoms with Crippen molar-refractivity contribution in [3.63, 3.8) is 0 Å². The fourth-order valence-corrected chi connectivity index (χ4v) is 4.12. The van der Waals surface area contributed by atoms with Crippen molar-refractivity contribution in [3.8, 4) is 0 Å². The lowest BCUT2D eigenvalue weighted by molar-refractivity contribution is -0.396. The van der Waals surface area contributed by atoms with Gasteiger partial charge >= 0.3 is 13.6 Å². The highest BCUT2D eigenvalue weighted by atomic mass is 79.9. The van der Waals surface area contributed by atoms with Crippen molar-refractivity contribution >= 4 is 45.5 Å². The fraction of sp³-hybridized carbons (Fsp3) is 0.700. The number of aromatic nitrogens is 2. The SMILES string of the molecule is CCCNP(=O)(NCCBr)OCc1c(Br)nc([N+](=O)[O-])n1C. The summed E-state index contributed by atoms with van der Waals surface area (Å²) in [5, 5.41) is 17.1. The molecule has 0 aliphatic heterocycles. The van der Waals surface area contributed by atoms with Gasteiger partial charge in [0.05, 0.1) is 7.05 Å². The average molecular weight is 463 g/mol. The van der Waals surface area contributed by atoms with E-state index in [1.807, 2.05) is 6.92 Å². The third-order valence-corrected chi connectivity index (χ3v) is 5.48. The van der Waals surface area contributed by atoms with Crippen LogP contribution in [0.1, 0.15) is 19.0 Å². The van der Waals surface area contributed by atoms with Crippen molar-refractivity contribution in [2.45, 2.75) is 20.0 Å².